The predicted octanol–water partition coefficient (Wildman–Crippen LogP) is 2.05. The van der Waals surface area contributed by atoms with Crippen molar-refractivity contribution in [2.24, 2.45) is 5.92 Å². The van der Waals surface area contributed by atoms with Gasteiger partial charge in [0.25, 0.3) is 5.91 Å². The Bertz CT molecular complexity index is 676. The number of nitrogens with one attached hydrogen (secondary N) is 1. The highest BCUT2D eigenvalue weighted by Crippen LogP contribution is 2.31. The van der Waals surface area contributed by atoms with Crippen molar-refractivity contribution in [1.82, 2.24) is 15.1 Å². The van der Waals surface area contributed by atoms with Gasteiger partial charge >= 0.3 is 0 Å². The van der Waals surface area contributed by atoms with Gasteiger partial charge in [0, 0.05) is 44.2 Å². The Morgan fingerprint density at radius 1 is 1.07 bits per heavy atom. The number of benzene rings is 1. The average Bonchev–Trinajstić information content (AvgIpc) is 3.09. The number of amides is 2. The molecule has 6 nitrogen and oxygen atoms in total. The number of hydrogen-bond donors (Lipinski definition) is 1. The van der Waals surface area contributed by atoms with Crippen LogP contribution in [0, 0.1) is 5.92 Å². The number of hydrogen-bond acceptors (Lipinski definition) is 4. The monoisotopic (exact) mass is 385 g/mol. The van der Waals surface area contributed by atoms with E-state index in [0.717, 1.165) is 25.7 Å². The van der Waals surface area contributed by atoms with E-state index in [4.69, 9.17) is 4.74 Å². The van der Waals surface area contributed by atoms with Crippen LogP contribution in [-0.2, 0) is 9.59 Å². The summed E-state index contributed by atoms with van der Waals surface area (Å²) in [5, 5.41) is 3.64. The number of fused-ring (bicyclic) bond motifs is 2. The third-order valence-electron chi connectivity index (χ3n) is 6.65. The Balaban J connectivity index is 1.23. The lowest BCUT2D eigenvalue weighted by atomic mass is 9.92. The minimum absolute atomic E-state index is 0.00182. The molecule has 6 heteroatoms. The molecule has 0 spiro atoms. The van der Waals surface area contributed by atoms with Gasteiger partial charge < -0.3 is 19.9 Å². The molecule has 1 aromatic rings. The van der Waals surface area contributed by atoms with Crippen LogP contribution in [-0.4, -0.2) is 66.5 Å². The third kappa shape index (κ3) is 4.32. The fourth-order valence-electron chi connectivity index (χ4n) is 4.94. The second kappa shape index (κ2) is 8.52. The van der Waals surface area contributed by atoms with E-state index in [0.29, 0.717) is 37.0 Å². The Labute approximate surface area is 167 Å². The van der Waals surface area contributed by atoms with E-state index in [1.165, 1.54) is 12.8 Å². The molecule has 2 amide bonds. The lowest BCUT2D eigenvalue weighted by Gasteiger charge is -2.39. The molecule has 28 heavy (non-hydrogen) atoms. The van der Waals surface area contributed by atoms with Crippen LogP contribution in [0.1, 0.15) is 38.5 Å². The maximum atomic E-state index is 13.0. The van der Waals surface area contributed by atoms with Crippen LogP contribution >= 0.6 is 0 Å². The van der Waals surface area contributed by atoms with E-state index in [2.05, 4.69) is 5.32 Å². The number of rotatable bonds is 5. The maximum Gasteiger partial charge on any atom is 0.260 e. The average molecular weight is 386 g/mol. The highest BCUT2D eigenvalue weighted by atomic mass is 16.5. The minimum atomic E-state index is -0.00182. The van der Waals surface area contributed by atoms with Gasteiger partial charge in [0.1, 0.15) is 5.75 Å². The van der Waals surface area contributed by atoms with Crippen LogP contribution in [0.5, 0.6) is 5.75 Å². The van der Waals surface area contributed by atoms with Crippen molar-refractivity contribution in [3.05, 3.63) is 30.3 Å². The van der Waals surface area contributed by atoms with Gasteiger partial charge in [-0.2, -0.15) is 0 Å². The molecule has 3 heterocycles. The quantitative estimate of drug-likeness (QED) is 0.843. The molecule has 3 aliphatic rings. The van der Waals surface area contributed by atoms with Crippen molar-refractivity contribution in [2.45, 2.75) is 56.7 Å². The Kier molecular flexibility index (Phi) is 5.85. The summed E-state index contributed by atoms with van der Waals surface area (Å²) in [5.41, 5.74) is 0. The minimum Gasteiger partial charge on any atom is -0.484 e. The largest absolute Gasteiger partial charge is 0.484 e. The number of ether oxygens (including phenoxy) is 1. The highest BCUT2D eigenvalue weighted by molar-refractivity contribution is 5.80. The van der Waals surface area contributed by atoms with Gasteiger partial charge in [-0.15, -0.1) is 0 Å². The second-order valence-electron chi connectivity index (χ2n) is 8.47. The van der Waals surface area contributed by atoms with Gasteiger partial charge in [-0.05, 0) is 50.7 Å². The van der Waals surface area contributed by atoms with Gasteiger partial charge in [0.15, 0.2) is 6.61 Å². The Morgan fingerprint density at radius 3 is 2.36 bits per heavy atom. The number of nitrogens with zero attached hydrogens (tertiary/aromatic N) is 2. The van der Waals surface area contributed by atoms with Crippen molar-refractivity contribution in [1.29, 1.82) is 0 Å². The van der Waals surface area contributed by atoms with Crippen molar-refractivity contribution >= 4 is 11.8 Å². The molecule has 1 aromatic carbocycles. The van der Waals surface area contributed by atoms with E-state index in [-0.39, 0.29) is 24.3 Å². The first-order valence-electron chi connectivity index (χ1n) is 10.6. The molecule has 3 aliphatic heterocycles. The number of carbonyl (C=O) groups excluding carboxylic acids is 2. The zero-order valence-corrected chi connectivity index (χ0v) is 16.7. The third-order valence-corrected chi connectivity index (χ3v) is 6.65. The maximum absolute atomic E-state index is 13.0. The normalized spacial score (nSPS) is 27.5. The summed E-state index contributed by atoms with van der Waals surface area (Å²) in [6, 6.07) is 10.9. The summed E-state index contributed by atoms with van der Waals surface area (Å²) in [5.74, 6) is 1.01. The number of likely N-dealkylation sites (tertiary alicyclic amines) is 1. The van der Waals surface area contributed by atoms with Crippen LogP contribution in [0.4, 0.5) is 0 Å². The van der Waals surface area contributed by atoms with Gasteiger partial charge in [-0.3, -0.25) is 9.59 Å². The second-order valence-corrected chi connectivity index (χ2v) is 8.47. The SMILES string of the molecule is CN(C(=O)C1CCN(C(=O)COc2ccccc2)CC1)C1CC2CCC(C1)N2. The molecular weight excluding hydrogens is 354 g/mol. The molecule has 2 atom stereocenters. The molecule has 2 bridgehead atoms. The summed E-state index contributed by atoms with van der Waals surface area (Å²) in [7, 11) is 1.98. The first-order chi connectivity index (χ1) is 13.6. The van der Waals surface area contributed by atoms with Gasteiger partial charge in [-0.25, -0.2) is 0 Å². The van der Waals surface area contributed by atoms with E-state index < -0.39 is 0 Å². The van der Waals surface area contributed by atoms with E-state index >= 15 is 0 Å². The van der Waals surface area contributed by atoms with Crippen molar-refractivity contribution < 1.29 is 14.3 Å². The summed E-state index contributed by atoms with van der Waals surface area (Å²) in [6.45, 7) is 1.33. The fourth-order valence-corrected chi connectivity index (χ4v) is 4.94. The van der Waals surface area contributed by atoms with Crippen LogP contribution in [0.3, 0.4) is 0 Å². The van der Waals surface area contributed by atoms with E-state index in [9.17, 15) is 9.59 Å². The topological polar surface area (TPSA) is 61.9 Å². The summed E-state index contributed by atoms with van der Waals surface area (Å²) in [6.07, 6.45) is 6.14. The van der Waals surface area contributed by atoms with Gasteiger partial charge in [0.2, 0.25) is 5.91 Å². The van der Waals surface area contributed by atoms with E-state index in [1.54, 1.807) is 0 Å². The molecule has 0 radical (unpaired) electrons. The first-order valence-corrected chi connectivity index (χ1v) is 10.6. The first kappa shape index (κ1) is 19.2. The molecule has 1 N–H and O–H groups in total. The van der Waals surface area contributed by atoms with Crippen LogP contribution in [0.25, 0.3) is 0 Å². The lowest BCUT2D eigenvalue weighted by molar-refractivity contribution is -0.142. The van der Waals surface area contributed by atoms with Crippen molar-refractivity contribution in [3.63, 3.8) is 0 Å². The molecule has 3 saturated heterocycles. The van der Waals surface area contributed by atoms with Gasteiger partial charge in [-0.1, -0.05) is 18.2 Å². The van der Waals surface area contributed by atoms with E-state index in [1.807, 2.05) is 47.2 Å². The van der Waals surface area contributed by atoms with Crippen LogP contribution in [0.15, 0.2) is 30.3 Å². The Morgan fingerprint density at radius 2 is 1.71 bits per heavy atom. The smallest absolute Gasteiger partial charge is 0.260 e. The predicted molar refractivity (Wildman–Crippen MR) is 107 cm³/mol. The molecular formula is C22H31N3O3. The number of carbonyl (C=O) groups is 2. The zero-order chi connectivity index (χ0) is 19.5. The summed E-state index contributed by atoms with van der Waals surface area (Å²) >= 11 is 0. The molecule has 152 valence electrons. The Hall–Kier alpha value is -2.08. The van der Waals surface area contributed by atoms with Crippen molar-refractivity contribution in [3.8, 4) is 5.75 Å². The summed E-state index contributed by atoms with van der Waals surface area (Å²) < 4.78 is 5.57. The standard InChI is InChI=1S/C22H31N3O3/c1-24(19-13-17-7-8-18(14-19)23-17)22(27)16-9-11-25(12-10-16)21(26)15-28-20-5-3-2-4-6-20/h2-6,16-19,23H,7-15H2,1H3. The highest BCUT2D eigenvalue weighted by Gasteiger charge is 2.38. The molecule has 0 saturated carbocycles. The zero-order valence-electron chi connectivity index (χ0n) is 16.7. The van der Waals surface area contributed by atoms with Crippen molar-refractivity contribution in [2.75, 3.05) is 26.7 Å². The van der Waals surface area contributed by atoms with Crippen LogP contribution < -0.4 is 10.1 Å². The number of para-hydroxylation sites is 1. The molecule has 0 aliphatic carbocycles. The molecule has 0 aromatic heterocycles. The fraction of sp³-hybridized carbons (Fsp3) is 0.636. The number of piperidine rings is 2. The molecule has 4 rings (SSSR count). The van der Waals surface area contributed by atoms with Gasteiger partial charge in [0.05, 0.1) is 0 Å². The molecule has 3 fully saturated rings. The molecule has 2 unspecified atom stereocenters. The lowest BCUT2D eigenvalue weighted by Crippen LogP contribution is -2.51. The summed E-state index contributed by atoms with van der Waals surface area (Å²) in [4.78, 5) is 29.2. The van der Waals surface area contributed by atoms with Crippen LogP contribution in [0.2, 0.25) is 0 Å².